The molecule has 1 aliphatic carbocycles. The highest BCUT2D eigenvalue weighted by atomic mass is 16.4. The fourth-order valence-corrected chi connectivity index (χ4v) is 2.49. The highest BCUT2D eigenvalue weighted by Gasteiger charge is 2.35. The van der Waals surface area contributed by atoms with Crippen molar-refractivity contribution in [2.45, 2.75) is 39.0 Å². The van der Waals surface area contributed by atoms with Crippen molar-refractivity contribution in [1.82, 2.24) is 4.90 Å². The standard InChI is InChI=1S/C13H23NO4/c1-2-3-6-14(7-8-15)12(16)10-4-5-11(9-10)13(17)18/h10-11,15H,2-9H2,1H3,(H,17,18)/t10-,11+/m1/s1. The molecule has 5 nitrogen and oxygen atoms in total. The number of carbonyl (C=O) groups excluding carboxylic acids is 1. The molecule has 0 saturated heterocycles. The van der Waals surface area contributed by atoms with Gasteiger partial charge >= 0.3 is 5.97 Å². The second-order valence-corrected chi connectivity index (χ2v) is 4.95. The quantitative estimate of drug-likeness (QED) is 0.716. The number of carboxylic acid groups (broad SMARTS) is 1. The maximum Gasteiger partial charge on any atom is 0.306 e. The minimum atomic E-state index is -0.799. The summed E-state index contributed by atoms with van der Waals surface area (Å²) in [5.41, 5.74) is 0. The molecule has 0 spiro atoms. The molecule has 0 aromatic heterocycles. The minimum absolute atomic E-state index is 0.0150. The third kappa shape index (κ3) is 3.98. The lowest BCUT2D eigenvalue weighted by Gasteiger charge is -2.24. The molecule has 5 heteroatoms. The number of amides is 1. The Morgan fingerprint density at radius 1 is 1.22 bits per heavy atom. The zero-order valence-electron chi connectivity index (χ0n) is 11.0. The average molecular weight is 257 g/mol. The molecule has 1 aliphatic rings. The summed E-state index contributed by atoms with van der Waals surface area (Å²) in [6.45, 7) is 3.03. The fraction of sp³-hybridized carbons (Fsp3) is 0.846. The normalized spacial score (nSPS) is 23.0. The summed E-state index contributed by atoms with van der Waals surface area (Å²) >= 11 is 0. The van der Waals surface area contributed by atoms with E-state index in [-0.39, 0.29) is 24.3 Å². The van der Waals surface area contributed by atoms with Crippen LogP contribution in [-0.4, -0.2) is 46.7 Å². The van der Waals surface area contributed by atoms with Crippen LogP contribution < -0.4 is 0 Å². The molecule has 1 amide bonds. The van der Waals surface area contributed by atoms with Gasteiger partial charge in [-0.05, 0) is 25.7 Å². The third-order valence-electron chi connectivity index (χ3n) is 3.59. The Balaban J connectivity index is 2.52. The van der Waals surface area contributed by atoms with Crippen molar-refractivity contribution in [2.75, 3.05) is 19.7 Å². The van der Waals surface area contributed by atoms with Gasteiger partial charge in [0, 0.05) is 19.0 Å². The molecule has 2 N–H and O–H groups in total. The van der Waals surface area contributed by atoms with Crippen molar-refractivity contribution in [2.24, 2.45) is 11.8 Å². The molecule has 1 fully saturated rings. The molecule has 104 valence electrons. The topological polar surface area (TPSA) is 77.8 Å². The Hall–Kier alpha value is -1.10. The van der Waals surface area contributed by atoms with Gasteiger partial charge < -0.3 is 15.1 Å². The van der Waals surface area contributed by atoms with Gasteiger partial charge in [0.2, 0.25) is 5.91 Å². The Kier molecular flexibility index (Phi) is 6.12. The third-order valence-corrected chi connectivity index (χ3v) is 3.59. The van der Waals surface area contributed by atoms with Crippen molar-refractivity contribution in [3.63, 3.8) is 0 Å². The second kappa shape index (κ2) is 7.36. The first-order valence-electron chi connectivity index (χ1n) is 6.72. The highest BCUT2D eigenvalue weighted by molar-refractivity contribution is 5.81. The largest absolute Gasteiger partial charge is 0.481 e. The Bertz CT molecular complexity index is 293. The Labute approximate surface area is 108 Å². The smallest absolute Gasteiger partial charge is 0.306 e. The zero-order chi connectivity index (χ0) is 13.5. The predicted octanol–water partition coefficient (Wildman–Crippen LogP) is 1.11. The molecule has 0 aromatic carbocycles. The van der Waals surface area contributed by atoms with Crippen molar-refractivity contribution in [3.8, 4) is 0 Å². The van der Waals surface area contributed by atoms with Crippen LogP contribution in [0.4, 0.5) is 0 Å². The van der Waals surface area contributed by atoms with Crippen molar-refractivity contribution >= 4 is 11.9 Å². The van der Waals surface area contributed by atoms with Crippen LogP contribution >= 0.6 is 0 Å². The van der Waals surface area contributed by atoms with Gasteiger partial charge in [-0.15, -0.1) is 0 Å². The minimum Gasteiger partial charge on any atom is -0.481 e. The van der Waals surface area contributed by atoms with Crippen LogP contribution in [0.15, 0.2) is 0 Å². The molecule has 1 saturated carbocycles. The van der Waals surface area contributed by atoms with Gasteiger partial charge in [0.25, 0.3) is 0 Å². The monoisotopic (exact) mass is 257 g/mol. The molecule has 1 rings (SSSR count). The van der Waals surface area contributed by atoms with E-state index in [9.17, 15) is 9.59 Å². The molecule has 0 bridgehead atoms. The van der Waals surface area contributed by atoms with Crippen LogP contribution in [0.5, 0.6) is 0 Å². The van der Waals surface area contributed by atoms with Gasteiger partial charge in [0.05, 0.1) is 12.5 Å². The second-order valence-electron chi connectivity index (χ2n) is 4.95. The molecular weight excluding hydrogens is 234 g/mol. The van der Waals surface area contributed by atoms with Gasteiger partial charge in [-0.1, -0.05) is 13.3 Å². The summed E-state index contributed by atoms with van der Waals surface area (Å²) in [5, 5.41) is 17.9. The fourth-order valence-electron chi connectivity index (χ4n) is 2.49. The molecule has 0 heterocycles. The molecule has 0 unspecified atom stereocenters. The van der Waals surface area contributed by atoms with Crippen LogP contribution in [0.2, 0.25) is 0 Å². The summed E-state index contributed by atoms with van der Waals surface area (Å²) in [5.74, 6) is -1.33. The molecule has 18 heavy (non-hydrogen) atoms. The summed E-state index contributed by atoms with van der Waals surface area (Å²) in [6, 6.07) is 0. The molecule has 0 radical (unpaired) electrons. The lowest BCUT2D eigenvalue weighted by Crippen LogP contribution is -2.38. The van der Waals surface area contributed by atoms with Crippen LogP contribution in [0, 0.1) is 11.8 Å². The van der Waals surface area contributed by atoms with Crippen LogP contribution in [0.3, 0.4) is 0 Å². The molecule has 2 atom stereocenters. The van der Waals surface area contributed by atoms with E-state index in [0.717, 1.165) is 12.8 Å². The number of hydrogen-bond donors (Lipinski definition) is 2. The van der Waals surface area contributed by atoms with Crippen molar-refractivity contribution in [1.29, 1.82) is 0 Å². The number of rotatable bonds is 7. The maximum atomic E-state index is 12.2. The van der Waals surface area contributed by atoms with E-state index in [4.69, 9.17) is 10.2 Å². The van der Waals surface area contributed by atoms with Gasteiger partial charge in [-0.25, -0.2) is 0 Å². The van der Waals surface area contributed by atoms with Gasteiger partial charge in [0.15, 0.2) is 0 Å². The van der Waals surface area contributed by atoms with Crippen LogP contribution in [-0.2, 0) is 9.59 Å². The number of unbranched alkanes of at least 4 members (excludes halogenated alkanes) is 1. The van der Waals surface area contributed by atoms with E-state index >= 15 is 0 Å². The number of carboxylic acids is 1. The summed E-state index contributed by atoms with van der Waals surface area (Å²) in [6.07, 6.45) is 3.61. The molecule has 0 aromatic rings. The Morgan fingerprint density at radius 3 is 2.39 bits per heavy atom. The van der Waals surface area contributed by atoms with E-state index in [1.54, 1.807) is 4.90 Å². The summed E-state index contributed by atoms with van der Waals surface area (Å²) in [7, 11) is 0. The van der Waals surface area contributed by atoms with Gasteiger partial charge in [-0.2, -0.15) is 0 Å². The van der Waals surface area contributed by atoms with Crippen LogP contribution in [0.25, 0.3) is 0 Å². The van der Waals surface area contributed by atoms with E-state index < -0.39 is 5.97 Å². The van der Waals surface area contributed by atoms with Gasteiger partial charge in [-0.3, -0.25) is 9.59 Å². The summed E-state index contributed by atoms with van der Waals surface area (Å²) < 4.78 is 0. The van der Waals surface area contributed by atoms with Crippen molar-refractivity contribution in [3.05, 3.63) is 0 Å². The Morgan fingerprint density at radius 2 is 1.89 bits per heavy atom. The number of aliphatic carboxylic acids is 1. The first-order valence-corrected chi connectivity index (χ1v) is 6.72. The van der Waals surface area contributed by atoms with Gasteiger partial charge in [0.1, 0.15) is 0 Å². The maximum absolute atomic E-state index is 12.2. The number of aliphatic hydroxyl groups is 1. The van der Waals surface area contributed by atoms with Crippen LogP contribution in [0.1, 0.15) is 39.0 Å². The number of hydrogen-bond acceptors (Lipinski definition) is 3. The SMILES string of the molecule is CCCCN(CCO)C(=O)[C@@H]1CC[C@H](C(=O)O)C1. The first-order chi connectivity index (χ1) is 8.60. The van der Waals surface area contributed by atoms with E-state index in [0.29, 0.717) is 32.4 Å². The van der Waals surface area contributed by atoms with E-state index in [1.807, 2.05) is 0 Å². The molecular formula is C13H23NO4. The lowest BCUT2D eigenvalue weighted by molar-refractivity contribution is -0.141. The highest BCUT2D eigenvalue weighted by Crippen LogP contribution is 2.32. The van der Waals surface area contributed by atoms with E-state index in [1.165, 1.54) is 0 Å². The first kappa shape index (κ1) is 15.0. The predicted molar refractivity (Wildman–Crippen MR) is 67.0 cm³/mol. The number of aliphatic hydroxyl groups excluding tert-OH is 1. The zero-order valence-corrected chi connectivity index (χ0v) is 11.0. The van der Waals surface area contributed by atoms with Crippen molar-refractivity contribution < 1.29 is 19.8 Å². The molecule has 0 aliphatic heterocycles. The van der Waals surface area contributed by atoms with E-state index in [2.05, 4.69) is 6.92 Å². The lowest BCUT2D eigenvalue weighted by atomic mass is 10.0. The summed E-state index contributed by atoms with van der Waals surface area (Å²) in [4.78, 5) is 24.8. The average Bonchev–Trinajstić information content (AvgIpc) is 2.83. The number of carbonyl (C=O) groups is 2. The number of nitrogens with zero attached hydrogens (tertiary/aromatic N) is 1.